The molecule has 6 heteroatoms. The molecule has 0 aromatic carbocycles. The lowest BCUT2D eigenvalue weighted by molar-refractivity contribution is -0.167. The molecule has 0 bridgehead atoms. The van der Waals surface area contributed by atoms with Crippen LogP contribution in [0.4, 0.5) is 0 Å². The first kappa shape index (κ1) is 77.6. The van der Waals surface area contributed by atoms with Crippen LogP contribution in [0.25, 0.3) is 0 Å². The smallest absolute Gasteiger partial charge is 0.306 e. The average molecular weight is 1120 g/mol. The quantitative estimate of drug-likeness (QED) is 0.0261. The lowest BCUT2D eigenvalue weighted by Crippen LogP contribution is -2.30. The van der Waals surface area contributed by atoms with Crippen LogP contribution in [0.5, 0.6) is 0 Å². The van der Waals surface area contributed by atoms with Gasteiger partial charge in [0.05, 0.1) is 0 Å². The van der Waals surface area contributed by atoms with Crippen molar-refractivity contribution in [3.63, 3.8) is 0 Å². The summed E-state index contributed by atoms with van der Waals surface area (Å²) in [5.74, 6) is -0.847. The fourth-order valence-electron chi connectivity index (χ4n) is 10.9. The molecule has 0 amide bonds. The van der Waals surface area contributed by atoms with Crippen molar-refractivity contribution in [2.45, 2.75) is 406 Å². The third-order valence-electron chi connectivity index (χ3n) is 16.4. The maximum atomic E-state index is 12.9. The molecule has 0 heterocycles. The van der Waals surface area contributed by atoms with Gasteiger partial charge in [0.1, 0.15) is 13.2 Å². The first-order chi connectivity index (χ1) is 39.5. The summed E-state index contributed by atoms with van der Waals surface area (Å²) in [6.07, 6.45) is 86.1. The molecule has 0 radical (unpaired) electrons. The van der Waals surface area contributed by atoms with Gasteiger partial charge in [-0.15, -0.1) is 0 Å². The lowest BCUT2D eigenvalue weighted by Gasteiger charge is -2.18. The van der Waals surface area contributed by atoms with Crippen molar-refractivity contribution in [3.8, 4) is 0 Å². The summed E-state index contributed by atoms with van der Waals surface area (Å²) in [4.78, 5) is 38.4. The second-order valence-corrected chi connectivity index (χ2v) is 24.5. The molecule has 80 heavy (non-hydrogen) atoms. The van der Waals surface area contributed by atoms with Gasteiger partial charge in [0.15, 0.2) is 6.10 Å². The Labute approximate surface area is 499 Å². The highest BCUT2D eigenvalue weighted by molar-refractivity contribution is 5.71. The minimum atomic E-state index is -0.774. The van der Waals surface area contributed by atoms with E-state index in [0.717, 1.165) is 70.6 Å². The van der Waals surface area contributed by atoms with Crippen molar-refractivity contribution in [2.24, 2.45) is 0 Å². The molecule has 0 saturated heterocycles. The van der Waals surface area contributed by atoms with Crippen molar-refractivity contribution in [2.75, 3.05) is 13.2 Å². The molecular weight excluding hydrogens is 985 g/mol. The molecule has 0 aliphatic rings. The Morgan fingerprint density at radius 2 is 0.450 bits per heavy atom. The fraction of sp³-hybridized carbons (Fsp3) is 0.878. The Hall–Kier alpha value is -2.37. The van der Waals surface area contributed by atoms with E-state index in [4.69, 9.17) is 14.2 Å². The number of carbonyl (C=O) groups excluding carboxylic acids is 3. The second kappa shape index (κ2) is 69.1. The summed E-state index contributed by atoms with van der Waals surface area (Å²) in [6.45, 7) is 6.69. The molecular formula is C74H138O6. The van der Waals surface area contributed by atoms with E-state index in [9.17, 15) is 14.4 Å². The molecule has 0 aromatic heterocycles. The first-order valence-corrected chi connectivity index (χ1v) is 36.0. The van der Waals surface area contributed by atoms with E-state index in [1.54, 1.807) is 0 Å². The summed E-state index contributed by atoms with van der Waals surface area (Å²) in [7, 11) is 0. The number of carbonyl (C=O) groups is 3. The lowest BCUT2D eigenvalue weighted by atomic mass is 10.0. The average Bonchev–Trinajstić information content (AvgIpc) is 3.46. The van der Waals surface area contributed by atoms with Crippen LogP contribution in [0.15, 0.2) is 36.5 Å². The highest BCUT2D eigenvalue weighted by atomic mass is 16.6. The van der Waals surface area contributed by atoms with E-state index >= 15 is 0 Å². The van der Waals surface area contributed by atoms with Crippen molar-refractivity contribution in [1.29, 1.82) is 0 Å². The van der Waals surface area contributed by atoms with Gasteiger partial charge in [-0.1, -0.05) is 340 Å². The molecule has 6 nitrogen and oxygen atoms in total. The molecule has 0 aliphatic heterocycles. The van der Waals surface area contributed by atoms with E-state index in [1.165, 1.54) is 289 Å². The van der Waals surface area contributed by atoms with Gasteiger partial charge < -0.3 is 14.2 Å². The Morgan fingerprint density at radius 1 is 0.250 bits per heavy atom. The third-order valence-corrected chi connectivity index (χ3v) is 16.4. The zero-order valence-corrected chi connectivity index (χ0v) is 54.1. The highest BCUT2D eigenvalue weighted by Gasteiger charge is 2.19. The zero-order chi connectivity index (χ0) is 57.8. The molecule has 1 atom stereocenters. The summed E-state index contributed by atoms with van der Waals surface area (Å²) in [5, 5.41) is 0. The molecule has 1 unspecified atom stereocenters. The van der Waals surface area contributed by atoms with Gasteiger partial charge in [0, 0.05) is 19.3 Å². The normalized spacial score (nSPS) is 12.2. The molecule has 0 saturated carbocycles. The number of rotatable bonds is 67. The minimum absolute atomic E-state index is 0.0698. The Morgan fingerprint density at radius 3 is 0.713 bits per heavy atom. The second-order valence-electron chi connectivity index (χ2n) is 24.5. The van der Waals surface area contributed by atoms with Gasteiger partial charge in [0.25, 0.3) is 0 Å². The van der Waals surface area contributed by atoms with Gasteiger partial charge in [-0.05, 0) is 77.0 Å². The van der Waals surface area contributed by atoms with E-state index < -0.39 is 6.10 Å². The van der Waals surface area contributed by atoms with Gasteiger partial charge in [-0.2, -0.15) is 0 Å². The van der Waals surface area contributed by atoms with Crippen LogP contribution in [0.3, 0.4) is 0 Å². The van der Waals surface area contributed by atoms with Crippen LogP contribution in [0, 0.1) is 0 Å². The van der Waals surface area contributed by atoms with E-state index in [-0.39, 0.29) is 31.1 Å². The van der Waals surface area contributed by atoms with Crippen LogP contribution in [-0.2, 0) is 28.6 Å². The number of ether oxygens (including phenoxy) is 3. The number of allylic oxidation sites excluding steroid dienone is 6. The number of esters is 3. The predicted octanol–water partition coefficient (Wildman–Crippen LogP) is 24.7. The van der Waals surface area contributed by atoms with Crippen molar-refractivity contribution in [3.05, 3.63) is 36.5 Å². The summed E-state index contributed by atoms with van der Waals surface area (Å²) < 4.78 is 17.0. The molecule has 0 spiro atoms. The fourth-order valence-corrected chi connectivity index (χ4v) is 10.9. The van der Waals surface area contributed by atoms with E-state index in [2.05, 4.69) is 57.2 Å². The summed E-state index contributed by atoms with van der Waals surface area (Å²) in [5.41, 5.74) is 0. The zero-order valence-electron chi connectivity index (χ0n) is 54.1. The molecule has 0 aromatic rings. The molecule has 470 valence electrons. The van der Waals surface area contributed by atoms with Gasteiger partial charge in [-0.25, -0.2) is 0 Å². The largest absolute Gasteiger partial charge is 0.462 e. The maximum Gasteiger partial charge on any atom is 0.306 e. The third kappa shape index (κ3) is 66.4. The predicted molar refractivity (Wildman–Crippen MR) is 349 cm³/mol. The van der Waals surface area contributed by atoms with E-state index in [0.29, 0.717) is 19.3 Å². The minimum Gasteiger partial charge on any atom is -0.462 e. The molecule has 0 fully saturated rings. The van der Waals surface area contributed by atoms with Gasteiger partial charge in [-0.3, -0.25) is 14.4 Å². The standard InChI is InChI=1S/C74H138O6/c1-4-7-10-13-16-19-22-25-28-30-32-33-34-35-36-37-38-39-40-41-42-44-46-49-52-55-58-61-64-67-73(76)79-70-71(69-78-72(75)66-63-60-57-54-51-48-45-27-24-21-18-15-12-9-6-3)80-74(77)68-65-62-59-56-53-50-47-43-31-29-26-23-20-17-14-11-8-5-2/h20,23,29-32,71H,4-19,21-22,24-28,33-70H2,1-3H3/b23-20-,31-29-,32-30-. The summed E-state index contributed by atoms with van der Waals surface area (Å²) >= 11 is 0. The first-order valence-electron chi connectivity index (χ1n) is 36.0. The van der Waals surface area contributed by atoms with Crippen LogP contribution in [0.1, 0.15) is 400 Å². The van der Waals surface area contributed by atoms with Crippen LogP contribution < -0.4 is 0 Å². The van der Waals surface area contributed by atoms with Crippen LogP contribution >= 0.6 is 0 Å². The van der Waals surface area contributed by atoms with E-state index in [1.807, 2.05) is 0 Å². The van der Waals surface area contributed by atoms with Crippen LogP contribution in [0.2, 0.25) is 0 Å². The number of hydrogen-bond donors (Lipinski definition) is 0. The monoisotopic (exact) mass is 1120 g/mol. The van der Waals surface area contributed by atoms with Crippen molar-refractivity contribution in [1.82, 2.24) is 0 Å². The number of hydrogen-bond acceptors (Lipinski definition) is 6. The Balaban J connectivity index is 4.21. The molecule has 0 rings (SSSR count). The topological polar surface area (TPSA) is 78.9 Å². The van der Waals surface area contributed by atoms with Crippen molar-refractivity contribution < 1.29 is 28.6 Å². The summed E-state index contributed by atoms with van der Waals surface area (Å²) in [6, 6.07) is 0. The highest BCUT2D eigenvalue weighted by Crippen LogP contribution is 2.18. The Bertz CT molecular complexity index is 1340. The molecule has 0 aliphatic carbocycles. The SMILES string of the molecule is CCCCCC/C=C\C/C=C\CCCCCCCCCC(=O)OC(COC(=O)CCCCCCCCCCCCCCCCC)COC(=O)CCCCCCCCCCCCCCCCCCC/C=C\CCCCCCCCCC. The van der Waals surface area contributed by atoms with Crippen molar-refractivity contribution >= 4 is 17.9 Å². The Kier molecular flexibility index (Phi) is 67.1. The van der Waals surface area contributed by atoms with Gasteiger partial charge in [0.2, 0.25) is 0 Å². The van der Waals surface area contributed by atoms with Gasteiger partial charge >= 0.3 is 17.9 Å². The van der Waals surface area contributed by atoms with Crippen LogP contribution in [-0.4, -0.2) is 37.2 Å². The maximum absolute atomic E-state index is 12.9. The number of unbranched alkanes of at least 4 members (excludes halogenated alkanes) is 50. The molecule has 0 N–H and O–H groups in total.